The lowest BCUT2D eigenvalue weighted by Crippen LogP contribution is -2.42. The van der Waals surface area contributed by atoms with Gasteiger partial charge in [-0.05, 0) is 38.1 Å². The number of methoxy groups -OCH3 is 1. The van der Waals surface area contributed by atoms with Gasteiger partial charge < -0.3 is 9.47 Å². The van der Waals surface area contributed by atoms with Crippen molar-refractivity contribution < 1.29 is 22.7 Å². The van der Waals surface area contributed by atoms with Gasteiger partial charge in [-0.1, -0.05) is 0 Å². The summed E-state index contributed by atoms with van der Waals surface area (Å²) in [5.74, 6) is 0.501. The molecule has 3 rings (SSSR count). The van der Waals surface area contributed by atoms with Crippen LogP contribution in [0.2, 0.25) is 0 Å². The Hall–Kier alpha value is -2.04. The van der Waals surface area contributed by atoms with Gasteiger partial charge in [0.25, 0.3) is 0 Å². The van der Waals surface area contributed by atoms with Crippen molar-refractivity contribution in [3.05, 3.63) is 33.9 Å². The van der Waals surface area contributed by atoms with E-state index in [1.54, 1.807) is 18.4 Å². The van der Waals surface area contributed by atoms with Crippen LogP contribution in [0.4, 0.5) is 0 Å². The fraction of sp³-hybridized carbons (Fsp3) is 0.471. The van der Waals surface area contributed by atoms with Gasteiger partial charge in [0.1, 0.15) is 21.7 Å². The summed E-state index contributed by atoms with van der Waals surface area (Å²) in [5.41, 5.74) is 0.824. The predicted octanol–water partition coefficient (Wildman–Crippen LogP) is 2.17. The first-order chi connectivity index (χ1) is 12.8. The molecule has 2 aromatic rings. The molecule has 146 valence electrons. The number of aryl methyl sites for hydroxylation is 2. The van der Waals surface area contributed by atoms with Gasteiger partial charge in [-0.2, -0.15) is 9.29 Å². The summed E-state index contributed by atoms with van der Waals surface area (Å²) >= 11 is 1.06. The van der Waals surface area contributed by atoms with E-state index in [9.17, 15) is 13.2 Å². The summed E-state index contributed by atoms with van der Waals surface area (Å²) in [6.07, 6.45) is 0.964. The molecule has 0 aliphatic carbocycles. The zero-order valence-corrected chi connectivity index (χ0v) is 17.0. The van der Waals surface area contributed by atoms with Crippen molar-refractivity contribution >= 4 is 27.3 Å². The highest BCUT2D eigenvalue weighted by Crippen LogP contribution is 2.28. The standard InChI is InChI=1S/C17H21N3O5S2/c1-11-10-15(19-12(2)18-11)25-13-4-7-20(8-5-13)27(22,23)14-6-9-26-16(14)17(21)24-3/h6,9-10,13H,4-5,7-8H2,1-3H3. The Labute approximate surface area is 162 Å². The lowest BCUT2D eigenvalue weighted by atomic mass is 10.1. The first kappa shape index (κ1) is 19.7. The second-order valence-corrected chi connectivity index (χ2v) is 9.04. The molecular weight excluding hydrogens is 390 g/mol. The van der Waals surface area contributed by atoms with E-state index in [0.29, 0.717) is 37.6 Å². The molecule has 10 heteroatoms. The van der Waals surface area contributed by atoms with Crippen molar-refractivity contribution in [3.63, 3.8) is 0 Å². The molecule has 0 bridgehead atoms. The summed E-state index contributed by atoms with van der Waals surface area (Å²) in [5, 5.41) is 1.58. The first-order valence-electron chi connectivity index (χ1n) is 8.46. The smallest absolute Gasteiger partial charge is 0.349 e. The van der Waals surface area contributed by atoms with E-state index in [1.807, 2.05) is 6.92 Å². The molecule has 0 saturated carbocycles. The molecule has 0 aromatic carbocycles. The summed E-state index contributed by atoms with van der Waals surface area (Å²) < 4.78 is 37.8. The van der Waals surface area contributed by atoms with Gasteiger partial charge in [-0.3, -0.25) is 0 Å². The number of ether oxygens (including phenoxy) is 2. The highest BCUT2D eigenvalue weighted by atomic mass is 32.2. The fourth-order valence-electron chi connectivity index (χ4n) is 2.99. The molecule has 2 aromatic heterocycles. The van der Waals surface area contributed by atoms with Crippen molar-refractivity contribution in [2.45, 2.75) is 37.7 Å². The third kappa shape index (κ3) is 4.28. The van der Waals surface area contributed by atoms with Crippen molar-refractivity contribution in [2.75, 3.05) is 20.2 Å². The Bertz CT molecular complexity index is 914. The monoisotopic (exact) mass is 411 g/mol. The number of thiophene rings is 1. The SMILES string of the molecule is COC(=O)c1sccc1S(=O)(=O)N1CCC(Oc2cc(C)nc(C)n2)CC1. The maximum absolute atomic E-state index is 12.9. The number of esters is 1. The summed E-state index contributed by atoms with van der Waals surface area (Å²) in [7, 11) is -2.52. The van der Waals surface area contributed by atoms with E-state index >= 15 is 0 Å². The van der Waals surface area contributed by atoms with Gasteiger partial charge in [0.2, 0.25) is 15.9 Å². The molecule has 1 aliphatic rings. The molecule has 0 spiro atoms. The van der Waals surface area contributed by atoms with Crippen LogP contribution in [0, 0.1) is 13.8 Å². The third-order valence-corrected chi connectivity index (χ3v) is 7.21. The number of hydrogen-bond donors (Lipinski definition) is 0. The van der Waals surface area contributed by atoms with E-state index in [4.69, 9.17) is 4.74 Å². The number of piperidine rings is 1. The molecule has 0 amide bonds. The van der Waals surface area contributed by atoms with E-state index in [1.165, 1.54) is 17.5 Å². The van der Waals surface area contributed by atoms with Crippen LogP contribution in [0.1, 0.15) is 34.0 Å². The van der Waals surface area contributed by atoms with Crippen LogP contribution in [0.25, 0.3) is 0 Å². The van der Waals surface area contributed by atoms with Crippen LogP contribution < -0.4 is 4.74 Å². The van der Waals surface area contributed by atoms with Crippen molar-refractivity contribution in [1.29, 1.82) is 0 Å². The largest absolute Gasteiger partial charge is 0.474 e. The maximum Gasteiger partial charge on any atom is 0.349 e. The number of carbonyl (C=O) groups is 1. The minimum absolute atomic E-state index is 0.000711. The third-order valence-electron chi connectivity index (χ3n) is 4.25. The molecule has 0 radical (unpaired) electrons. The Kier molecular flexibility index (Phi) is 5.78. The highest BCUT2D eigenvalue weighted by Gasteiger charge is 2.34. The van der Waals surface area contributed by atoms with E-state index in [0.717, 1.165) is 17.0 Å². The molecule has 27 heavy (non-hydrogen) atoms. The fourth-order valence-corrected chi connectivity index (χ4v) is 5.76. The lowest BCUT2D eigenvalue weighted by Gasteiger charge is -2.31. The number of rotatable bonds is 5. The summed E-state index contributed by atoms with van der Waals surface area (Å²) in [4.78, 5) is 20.4. The Morgan fingerprint density at radius 3 is 2.59 bits per heavy atom. The molecular formula is C17H21N3O5S2. The molecule has 8 nitrogen and oxygen atoms in total. The maximum atomic E-state index is 12.9. The van der Waals surface area contributed by atoms with E-state index in [2.05, 4.69) is 14.7 Å². The van der Waals surface area contributed by atoms with Gasteiger partial charge in [0.15, 0.2) is 0 Å². The average Bonchev–Trinajstić information content (AvgIpc) is 3.11. The van der Waals surface area contributed by atoms with Crippen molar-refractivity contribution in [1.82, 2.24) is 14.3 Å². The van der Waals surface area contributed by atoms with Gasteiger partial charge in [0, 0.05) is 24.8 Å². The van der Waals surface area contributed by atoms with Gasteiger partial charge in [0.05, 0.1) is 7.11 Å². The van der Waals surface area contributed by atoms with Crippen LogP contribution in [0.15, 0.2) is 22.4 Å². The molecule has 0 unspecified atom stereocenters. The topological polar surface area (TPSA) is 98.7 Å². The van der Waals surface area contributed by atoms with Crippen LogP contribution >= 0.6 is 11.3 Å². The second-order valence-electron chi connectivity index (χ2n) is 6.22. The van der Waals surface area contributed by atoms with Crippen molar-refractivity contribution in [3.8, 4) is 5.88 Å². The summed E-state index contributed by atoms with van der Waals surface area (Å²) in [6, 6.07) is 3.21. The molecule has 1 aliphatic heterocycles. The van der Waals surface area contributed by atoms with Gasteiger partial charge in [-0.25, -0.2) is 18.2 Å². The van der Waals surface area contributed by atoms with Crippen LogP contribution in [-0.4, -0.2) is 55.0 Å². The quantitative estimate of drug-likeness (QED) is 0.695. The predicted molar refractivity (Wildman–Crippen MR) is 99.6 cm³/mol. The second kappa shape index (κ2) is 7.91. The van der Waals surface area contributed by atoms with E-state index in [-0.39, 0.29) is 15.9 Å². The first-order valence-corrected chi connectivity index (χ1v) is 10.8. The Balaban J connectivity index is 1.68. The van der Waals surface area contributed by atoms with Gasteiger partial charge >= 0.3 is 5.97 Å². The minimum Gasteiger partial charge on any atom is -0.474 e. The van der Waals surface area contributed by atoms with Crippen LogP contribution in [0.3, 0.4) is 0 Å². The Morgan fingerprint density at radius 2 is 1.96 bits per heavy atom. The minimum atomic E-state index is -3.75. The zero-order valence-electron chi connectivity index (χ0n) is 15.3. The number of hydrogen-bond acceptors (Lipinski definition) is 8. The number of carbonyl (C=O) groups excluding carboxylic acids is 1. The normalized spacial score (nSPS) is 16.3. The molecule has 0 atom stereocenters. The van der Waals surface area contributed by atoms with E-state index < -0.39 is 16.0 Å². The average molecular weight is 412 g/mol. The number of sulfonamides is 1. The number of nitrogens with zero attached hydrogens (tertiary/aromatic N) is 3. The molecule has 1 saturated heterocycles. The number of aromatic nitrogens is 2. The van der Waals surface area contributed by atoms with Crippen LogP contribution in [-0.2, 0) is 14.8 Å². The highest BCUT2D eigenvalue weighted by molar-refractivity contribution is 7.89. The molecule has 3 heterocycles. The molecule has 0 N–H and O–H groups in total. The Morgan fingerprint density at radius 1 is 1.26 bits per heavy atom. The van der Waals surface area contributed by atoms with Crippen LogP contribution in [0.5, 0.6) is 5.88 Å². The zero-order chi connectivity index (χ0) is 19.6. The summed E-state index contributed by atoms with van der Waals surface area (Å²) in [6.45, 7) is 4.30. The van der Waals surface area contributed by atoms with Gasteiger partial charge in [-0.15, -0.1) is 11.3 Å². The molecule has 1 fully saturated rings. The lowest BCUT2D eigenvalue weighted by molar-refractivity contribution is 0.0602. The van der Waals surface area contributed by atoms with Crippen molar-refractivity contribution in [2.24, 2.45) is 0 Å².